The van der Waals surface area contributed by atoms with E-state index in [4.69, 9.17) is 16.3 Å². The van der Waals surface area contributed by atoms with E-state index in [-0.39, 0.29) is 33.9 Å². The molecular weight excluding hydrogens is 521 g/mol. The fourth-order valence-electron chi connectivity index (χ4n) is 3.57. The predicted molar refractivity (Wildman–Crippen MR) is 133 cm³/mol. The number of nitrogens with one attached hydrogen (secondary N) is 3. The summed E-state index contributed by atoms with van der Waals surface area (Å²) in [4.78, 5) is 9.94. The molecule has 9 nitrogen and oxygen atoms in total. The van der Waals surface area contributed by atoms with Gasteiger partial charge in [0, 0.05) is 24.5 Å². The minimum Gasteiger partial charge on any atom is -0.378 e. The van der Waals surface area contributed by atoms with Crippen LogP contribution < -0.4 is 20.3 Å². The molecule has 192 valence electrons. The predicted octanol–water partition coefficient (Wildman–Crippen LogP) is 4.84. The lowest BCUT2D eigenvalue weighted by molar-refractivity contribution is -0.137. The number of benzene rings is 2. The highest BCUT2D eigenvalue weighted by Crippen LogP contribution is 2.39. The molecular formula is C22H22ClF3N6O3S. The molecule has 2 aromatic carbocycles. The number of morpholine rings is 1. The largest absolute Gasteiger partial charge is 0.418 e. The maximum absolute atomic E-state index is 13.8. The number of anilines is 6. The summed E-state index contributed by atoms with van der Waals surface area (Å²) in [6.45, 7) is 1.44. The molecule has 0 bridgehead atoms. The van der Waals surface area contributed by atoms with E-state index in [1.165, 1.54) is 18.3 Å². The Labute approximate surface area is 210 Å². The lowest BCUT2D eigenvalue weighted by Gasteiger charge is -2.31. The van der Waals surface area contributed by atoms with Crippen LogP contribution >= 0.6 is 11.6 Å². The molecule has 1 aliphatic heterocycles. The summed E-state index contributed by atoms with van der Waals surface area (Å²) in [6, 6.07) is 10.4. The van der Waals surface area contributed by atoms with E-state index in [2.05, 4.69) is 25.3 Å². The molecule has 0 aliphatic carbocycles. The molecule has 36 heavy (non-hydrogen) atoms. The summed E-state index contributed by atoms with van der Waals surface area (Å²) in [5.74, 6) is 0.112. The quantitative estimate of drug-likeness (QED) is 0.389. The fraction of sp³-hybridized carbons (Fsp3) is 0.273. The summed E-state index contributed by atoms with van der Waals surface area (Å²) in [6.07, 6.45) is -2.28. The first-order chi connectivity index (χ1) is 17.0. The third-order valence-electron chi connectivity index (χ3n) is 5.13. The molecule has 0 atom stereocenters. The number of aromatic nitrogens is 2. The molecule has 0 radical (unpaired) electrons. The third kappa shape index (κ3) is 6.47. The first-order valence-electron chi connectivity index (χ1n) is 10.7. The average Bonchev–Trinajstić information content (AvgIpc) is 2.81. The molecule has 1 saturated heterocycles. The van der Waals surface area contributed by atoms with Crippen LogP contribution in [0.5, 0.6) is 0 Å². The highest BCUT2D eigenvalue weighted by atomic mass is 35.5. The van der Waals surface area contributed by atoms with Crippen molar-refractivity contribution in [3.8, 4) is 0 Å². The molecule has 14 heteroatoms. The Balaban J connectivity index is 1.60. The topological polar surface area (TPSA) is 108 Å². The molecule has 0 amide bonds. The van der Waals surface area contributed by atoms with Crippen molar-refractivity contribution in [2.24, 2.45) is 0 Å². The van der Waals surface area contributed by atoms with Crippen LogP contribution in [0.25, 0.3) is 0 Å². The number of rotatable bonds is 7. The Morgan fingerprint density at radius 1 is 1.06 bits per heavy atom. The van der Waals surface area contributed by atoms with Crippen LogP contribution in [-0.4, -0.2) is 50.9 Å². The lowest BCUT2D eigenvalue weighted by Crippen LogP contribution is -2.37. The van der Waals surface area contributed by atoms with Gasteiger partial charge in [-0.1, -0.05) is 23.7 Å². The lowest BCUT2D eigenvalue weighted by atomic mass is 10.1. The van der Waals surface area contributed by atoms with Crippen molar-refractivity contribution in [2.75, 3.05) is 52.8 Å². The van der Waals surface area contributed by atoms with Crippen molar-refractivity contribution in [3.05, 3.63) is 59.2 Å². The number of sulfonamides is 1. The van der Waals surface area contributed by atoms with E-state index < -0.39 is 21.8 Å². The summed E-state index contributed by atoms with van der Waals surface area (Å²) in [5.41, 5.74) is 0.0429. The Morgan fingerprint density at radius 2 is 1.75 bits per heavy atom. The molecule has 1 fully saturated rings. The molecule has 1 aliphatic rings. The van der Waals surface area contributed by atoms with Gasteiger partial charge in [0.25, 0.3) is 0 Å². The third-order valence-corrected chi connectivity index (χ3v) is 6.00. The number of hydrogen-bond donors (Lipinski definition) is 3. The second kappa shape index (κ2) is 10.4. The van der Waals surface area contributed by atoms with Crippen molar-refractivity contribution >= 4 is 56.1 Å². The highest BCUT2D eigenvalue weighted by Gasteiger charge is 2.35. The summed E-state index contributed by atoms with van der Waals surface area (Å²) in [7, 11) is -3.55. The van der Waals surface area contributed by atoms with Crippen LogP contribution in [0.3, 0.4) is 0 Å². The average molecular weight is 543 g/mol. The Kier molecular flexibility index (Phi) is 7.43. The maximum atomic E-state index is 13.8. The van der Waals surface area contributed by atoms with Crippen molar-refractivity contribution in [1.82, 2.24) is 9.97 Å². The zero-order chi connectivity index (χ0) is 25.9. The van der Waals surface area contributed by atoms with Gasteiger partial charge in [-0.05, 0) is 30.3 Å². The van der Waals surface area contributed by atoms with Crippen molar-refractivity contribution < 1.29 is 26.3 Å². The first kappa shape index (κ1) is 25.8. The maximum Gasteiger partial charge on any atom is 0.418 e. The minimum absolute atomic E-state index is 0.0114. The Hall–Kier alpha value is -3.29. The van der Waals surface area contributed by atoms with E-state index in [1.807, 2.05) is 0 Å². The van der Waals surface area contributed by atoms with E-state index >= 15 is 0 Å². The molecule has 3 aromatic rings. The fourth-order valence-corrected chi connectivity index (χ4v) is 4.29. The highest BCUT2D eigenvalue weighted by molar-refractivity contribution is 7.92. The number of halogens is 4. The number of hydrogen-bond acceptors (Lipinski definition) is 8. The second-order valence-electron chi connectivity index (χ2n) is 7.89. The van der Waals surface area contributed by atoms with Crippen molar-refractivity contribution in [1.29, 1.82) is 0 Å². The molecule has 4 rings (SSSR count). The van der Waals surface area contributed by atoms with E-state index in [0.717, 1.165) is 12.3 Å². The van der Waals surface area contributed by atoms with E-state index in [1.54, 1.807) is 29.2 Å². The monoisotopic (exact) mass is 542 g/mol. The van der Waals surface area contributed by atoms with Crippen LogP contribution in [-0.2, 0) is 20.9 Å². The molecule has 2 heterocycles. The summed E-state index contributed by atoms with van der Waals surface area (Å²) < 4.78 is 72.5. The van der Waals surface area contributed by atoms with Crippen molar-refractivity contribution in [3.63, 3.8) is 0 Å². The van der Waals surface area contributed by atoms with Gasteiger partial charge in [0.2, 0.25) is 16.0 Å². The number of nitrogens with zero attached hydrogens (tertiary/aromatic N) is 3. The van der Waals surface area contributed by atoms with Gasteiger partial charge >= 0.3 is 6.18 Å². The summed E-state index contributed by atoms with van der Waals surface area (Å²) in [5, 5.41) is 5.82. The van der Waals surface area contributed by atoms with Crippen LogP contribution in [0.1, 0.15) is 5.56 Å². The zero-order valence-corrected chi connectivity index (χ0v) is 20.5. The molecule has 0 unspecified atom stereocenters. The van der Waals surface area contributed by atoms with Crippen molar-refractivity contribution in [2.45, 2.75) is 6.18 Å². The molecule has 0 saturated carbocycles. The first-order valence-corrected chi connectivity index (χ1v) is 12.9. The van der Waals surface area contributed by atoms with Gasteiger partial charge in [0.05, 0.1) is 42.6 Å². The Morgan fingerprint density at radius 3 is 2.42 bits per heavy atom. The molecule has 0 spiro atoms. The van der Waals surface area contributed by atoms with Gasteiger partial charge < -0.3 is 20.3 Å². The number of ether oxygens (including phenoxy) is 1. The Bertz CT molecular complexity index is 1350. The normalized spacial score (nSPS) is 14.4. The van der Waals surface area contributed by atoms with Gasteiger partial charge in [-0.15, -0.1) is 0 Å². The van der Waals surface area contributed by atoms with Crippen LogP contribution in [0.2, 0.25) is 5.02 Å². The van der Waals surface area contributed by atoms with Gasteiger partial charge in [0.1, 0.15) is 5.02 Å². The minimum atomic E-state index is -4.57. The SMILES string of the molecule is CS(=O)(=O)Nc1ccccc1Nc1nc(Nc2ccc(N3CCOCC3)c(C(F)(F)F)c2)ncc1Cl. The number of para-hydroxylation sites is 2. The summed E-state index contributed by atoms with van der Waals surface area (Å²) >= 11 is 6.21. The van der Waals surface area contributed by atoms with Gasteiger partial charge in [0.15, 0.2) is 5.82 Å². The van der Waals surface area contributed by atoms with E-state index in [9.17, 15) is 21.6 Å². The van der Waals surface area contributed by atoms with Gasteiger partial charge in [-0.3, -0.25) is 4.72 Å². The molecule has 3 N–H and O–H groups in total. The smallest absolute Gasteiger partial charge is 0.378 e. The van der Waals surface area contributed by atoms with E-state index in [0.29, 0.717) is 32.0 Å². The molecule has 1 aromatic heterocycles. The number of alkyl halides is 3. The second-order valence-corrected chi connectivity index (χ2v) is 10.0. The van der Waals surface area contributed by atoms with Gasteiger partial charge in [-0.25, -0.2) is 13.4 Å². The van der Waals surface area contributed by atoms with Crippen LogP contribution in [0.15, 0.2) is 48.7 Å². The van der Waals surface area contributed by atoms with Gasteiger partial charge in [-0.2, -0.15) is 18.2 Å². The van der Waals surface area contributed by atoms with Crippen LogP contribution in [0, 0.1) is 0 Å². The van der Waals surface area contributed by atoms with Crippen LogP contribution in [0.4, 0.5) is 47.7 Å². The standard InChI is InChI=1S/C22H22ClF3N6O3S/c1-36(33,34)31-18-5-3-2-4-17(18)29-20-16(23)13-27-21(30-20)28-14-6-7-19(15(12-14)22(24,25)26)32-8-10-35-11-9-32/h2-7,12-13,31H,8-11H2,1H3,(H2,27,28,29,30). The zero-order valence-electron chi connectivity index (χ0n) is 18.9.